The van der Waals surface area contributed by atoms with Gasteiger partial charge in [-0.1, -0.05) is 20.8 Å². The van der Waals surface area contributed by atoms with Crippen molar-refractivity contribution in [3.05, 3.63) is 0 Å². The van der Waals surface area contributed by atoms with Gasteiger partial charge < -0.3 is 25.0 Å². The number of hydrogen-bond donors (Lipinski definition) is 2. The number of guanidine groups is 1. The molecule has 132 valence electrons. The summed E-state index contributed by atoms with van der Waals surface area (Å²) in [6.07, 6.45) is 0.344. The van der Waals surface area contributed by atoms with Crippen LogP contribution in [0.4, 0.5) is 0 Å². The van der Waals surface area contributed by atoms with E-state index >= 15 is 0 Å². The van der Waals surface area contributed by atoms with E-state index in [0.717, 1.165) is 38.7 Å². The van der Waals surface area contributed by atoms with E-state index in [9.17, 15) is 0 Å². The van der Waals surface area contributed by atoms with Gasteiger partial charge in [0.1, 0.15) is 0 Å². The van der Waals surface area contributed by atoms with E-state index in [-0.39, 0.29) is 41.6 Å². The van der Waals surface area contributed by atoms with E-state index in [1.165, 1.54) is 0 Å². The van der Waals surface area contributed by atoms with Crippen molar-refractivity contribution in [2.45, 2.75) is 33.0 Å². The number of rotatable bonds is 5. The van der Waals surface area contributed by atoms with Crippen LogP contribution in [0.2, 0.25) is 0 Å². The number of morpholine rings is 1. The molecule has 22 heavy (non-hydrogen) atoms. The van der Waals surface area contributed by atoms with Gasteiger partial charge in [0.2, 0.25) is 0 Å². The van der Waals surface area contributed by atoms with Crippen molar-refractivity contribution in [1.29, 1.82) is 0 Å². The van der Waals surface area contributed by atoms with Crippen molar-refractivity contribution < 1.29 is 9.47 Å². The molecule has 1 fully saturated rings. The molecule has 1 heterocycles. The molecule has 0 aliphatic carbocycles. The summed E-state index contributed by atoms with van der Waals surface area (Å²) in [6.45, 7) is 10.8. The predicted molar refractivity (Wildman–Crippen MR) is 102 cm³/mol. The van der Waals surface area contributed by atoms with Gasteiger partial charge in [-0.05, 0) is 12.5 Å². The minimum absolute atomic E-state index is 0. The van der Waals surface area contributed by atoms with Crippen LogP contribution < -0.4 is 10.6 Å². The molecule has 0 aromatic heterocycles. The Morgan fingerprint density at radius 3 is 2.59 bits per heavy atom. The van der Waals surface area contributed by atoms with Crippen LogP contribution in [0.3, 0.4) is 0 Å². The standard InChI is InChI=1S/C15H32N4O2.HI/c1-15(2,3)13(20-6)10-18-14(16-4)17-9-12-11-19(5)7-8-21-12;/h12-13H,7-11H2,1-6H3,(H2,16,17,18);1H. The maximum Gasteiger partial charge on any atom is 0.191 e. The lowest BCUT2D eigenvalue weighted by Gasteiger charge is -2.31. The van der Waals surface area contributed by atoms with Crippen LogP contribution in [-0.2, 0) is 9.47 Å². The monoisotopic (exact) mass is 428 g/mol. The fourth-order valence-electron chi connectivity index (χ4n) is 2.35. The molecule has 2 unspecified atom stereocenters. The van der Waals surface area contributed by atoms with Gasteiger partial charge in [-0.15, -0.1) is 24.0 Å². The fourth-order valence-corrected chi connectivity index (χ4v) is 2.35. The second-order valence-electron chi connectivity index (χ2n) is 6.68. The summed E-state index contributed by atoms with van der Waals surface area (Å²) >= 11 is 0. The molecular formula is C15H33IN4O2. The molecule has 7 heteroatoms. The molecule has 0 spiro atoms. The normalized spacial score (nSPS) is 21.9. The summed E-state index contributed by atoms with van der Waals surface area (Å²) in [7, 11) is 5.65. The van der Waals surface area contributed by atoms with Crippen LogP contribution in [0, 0.1) is 5.41 Å². The van der Waals surface area contributed by atoms with E-state index in [2.05, 4.69) is 48.3 Å². The molecular weight excluding hydrogens is 395 g/mol. The van der Waals surface area contributed by atoms with E-state index in [4.69, 9.17) is 9.47 Å². The minimum atomic E-state index is 0. The molecule has 1 rings (SSSR count). The fraction of sp³-hybridized carbons (Fsp3) is 0.933. The highest BCUT2D eigenvalue weighted by molar-refractivity contribution is 14.0. The number of methoxy groups -OCH3 is 1. The van der Waals surface area contributed by atoms with Crippen molar-refractivity contribution in [3.63, 3.8) is 0 Å². The summed E-state index contributed by atoms with van der Waals surface area (Å²) in [5.41, 5.74) is 0.0930. The molecule has 1 aliphatic heterocycles. The van der Waals surface area contributed by atoms with Crippen molar-refractivity contribution in [1.82, 2.24) is 15.5 Å². The lowest BCUT2D eigenvalue weighted by Crippen LogP contribution is -2.50. The molecule has 0 amide bonds. The lowest BCUT2D eigenvalue weighted by molar-refractivity contribution is -0.0162. The summed E-state index contributed by atoms with van der Waals surface area (Å²) in [6, 6.07) is 0. The number of nitrogens with zero attached hydrogens (tertiary/aromatic N) is 2. The first kappa shape index (κ1) is 21.9. The highest BCUT2D eigenvalue weighted by Gasteiger charge is 2.24. The Balaban J connectivity index is 0.00000441. The molecule has 1 saturated heterocycles. The summed E-state index contributed by atoms with van der Waals surface area (Å²) in [5, 5.41) is 6.64. The van der Waals surface area contributed by atoms with Crippen molar-refractivity contribution in [3.8, 4) is 0 Å². The number of aliphatic imine (C=N–C) groups is 1. The molecule has 0 radical (unpaired) electrons. The average Bonchev–Trinajstić information content (AvgIpc) is 2.41. The van der Waals surface area contributed by atoms with Gasteiger partial charge in [0, 0.05) is 40.3 Å². The van der Waals surface area contributed by atoms with Crippen LogP contribution in [0.5, 0.6) is 0 Å². The van der Waals surface area contributed by atoms with E-state index < -0.39 is 0 Å². The Kier molecular flexibility index (Phi) is 10.6. The SMILES string of the molecule is CN=C(NCC1CN(C)CCO1)NCC(OC)C(C)(C)C.I. The molecule has 0 aromatic rings. The van der Waals surface area contributed by atoms with E-state index in [1.54, 1.807) is 14.2 Å². The zero-order chi connectivity index (χ0) is 15.9. The first-order chi connectivity index (χ1) is 9.86. The molecule has 2 N–H and O–H groups in total. The minimum Gasteiger partial charge on any atom is -0.379 e. The van der Waals surface area contributed by atoms with Crippen molar-refractivity contribution in [2.75, 3.05) is 54.0 Å². The molecule has 0 bridgehead atoms. The average molecular weight is 428 g/mol. The zero-order valence-electron chi connectivity index (χ0n) is 14.8. The van der Waals surface area contributed by atoms with Crippen molar-refractivity contribution in [2.24, 2.45) is 10.4 Å². The van der Waals surface area contributed by atoms with Gasteiger partial charge >= 0.3 is 0 Å². The van der Waals surface area contributed by atoms with Gasteiger partial charge in [-0.3, -0.25) is 4.99 Å². The van der Waals surface area contributed by atoms with E-state index in [0.29, 0.717) is 0 Å². The number of ether oxygens (including phenoxy) is 2. The smallest absolute Gasteiger partial charge is 0.191 e. The molecule has 1 aliphatic rings. The second-order valence-corrected chi connectivity index (χ2v) is 6.68. The molecule has 2 atom stereocenters. The quantitative estimate of drug-likeness (QED) is 0.391. The maximum absolute atomic E-state index is 5.73. The Hall–Kier alpha value is -0.120. The van der Waals surface area contributed by atoms with Gasteiger partial charge in [0.15, 0.2) is 5.96 Å². The third kappa shape index (κ3) is 7.94. The summed E-state index contributed by atoms with van der Waals surface area (Å²) in [5.74, 6) is 0.790. The highest BCUT2D eigenvalue weighted by Crippen LogP contribution is 2.20. The topological polar surface area (TPSA) is 58.1 Å². The van der Waals surface area contributed by atoms with Crippen LogP contribution in [-0.4, -0.2) is 77.1 Å². The molecule has 0 saturated carbocycles. The largest absolute Gasteiger partial charge is 0.379 e. The first-order valence-electron chi connectivity index (χ1n) is 7.64. The second kappa shape index (κ2) is 10.6. The number of nitrogens with one attached hydrogen (secondary N) is 2. The third-order valence-corrected chi connectivity index (χ3v) is 3.77. The van der Waals surface area contributed by atoms with Gasteiger partial charge in [-0.2, -0.15) is 0 Å². The number of hydrogen-bond acceptors (Lipinski definition) is 4. The Bertz CT molecular complexity index is 334. The molecule has 0 aromatic carbocycles. The highest BCUT2D eigenvalue weighted by atomic mass is 127. The van der Waals surface area contributed by atoms with Crippen LogP contribution in [0.1, 0.15) is 20.8 Å². The van der Waals surface area contributed by atoms with E-state index in [1.807, 2.05) is 0 Å². The van der Waals surface area contributed by atoms with Crippen LogP contribution >= 0.6 is 24.0 Å². The lowest BCUT2D eigenvalue weighted by atomic mass is 9.89. The van der Waals surface area contributed by atoms with Crippen molar-refractivity contribution >= 4 is 29.9 Å². The third-order valence-electron chi connectivity index (χ3n) is 3.77. The number of likely N-dealkylation sites (N-methyl/N-ethyl adjacent to an activating group) is 1. The van der Waals surface area contributed by atoms with Gasteiger partial charge in [-0.25, -0.2) is 0 Å². The van der Waals surface area contributed by atoms with Crippen LogP contribution in [0.15, 0.2) is 4.99 Å². The summed E-state index contributed by atoms with van der Waals surface area (Å²) in [4.78, 5) is 6.53. The Labute approximate surface area is 152 Å². The molecule has 6 nitrogen and oxygen atoms in total. The Morgan fingerprint density at radius 2 is 2.09 bits per heavy atom. The Morgan fingerprint density at radius 1 is 1.41 bits per heavy atom. The predicted octanol–water partition coefficient (Wildman–Crippen LogP) is 1.16. The first-order valence-corrected chi connectivity index (χ1v) is 7.64. The zero-order valence-corrected chi connectivity index (χ0v) is 17.1. The summed E-state index contributed by atoms with van der Waals surface area (Å²) < 4.78 is 11.3. The maximum atomic E-state index is 5.73. The number of halogens is 1. The van der Waals surface area contributed by atoms with Gasteiger partial charge in [0.25, 0.3) is 0 Å². The van der Waals surface area contributed by atoms with Crippen LogP contribution in [0.25, 0.3) is 0 Å². The van der Waals surface area contributed by atoms with Gasteiger partial charge in [0.05, 0.1) is 18.8 Å².